The van der Waals surface area contributed by atoms with Crippen molar-refractivity contribution in [2.24, 2.45) is 0 Å². The molecule has 0 saturated heterocycles. The third-order valence-electron chi connectivity index (χ3n) is 3.96. The Labute approximate surface area is 164 Å². The second-order valence-corrected chi connectivity index (χ2v) is 6.00. The molecule has 0 radical (unpaired) electrons. The zero-order chi connectivity index (χ0) is 20.4. The summed E-state index contributed by atoms with van der Waals surface area (Å²) in [7, 11) is 1.58. The predicted octanol–water partition coefficient (Wildman–Crippen LogP) is 3.51. The second kappa shape index (κ2) is 10.5. The highest BCUT2D eigenvalue weighted by Gasteiger charge is 2.17. The highest BCUT2D eigenvalue weighted by atomic mass is 16.5. The van der Waals surface area contributed by atoms with Crippen molar-refractivity contribution in [2.75, 3.05) is 25.2 Å². The molecule has 0 unspecified atom stereocenters. The molecule has 0 saturated carbocycles. The number of rotatable bonds is 8. The van der Waals surface area contributed by atoms with Gasteiger partial charge in [-0.05, 0) is 42.8 Å². The molecule has 0 fully saturated rings. The van der Waals surface area contributed by atoms with E-state index in [9.17, 15) is 9.59 Å². The minimum atomic E-state index is -0.617. The van der Waals surface area contributed by atoms with Gasteiger partial charge >= 0.3 is 5.97 Å². The Bertz CT molecular complexity index is 865. The molecule has 6 heteroatoms. The summed E-state index contributed by atoms with van der Waals surface area (Å²) in [4.78, 5) is 25.8. The lowest BCUT2D eigenvalue weighted by molar-refractivity contribution is -0.142. The maximum Gasteiger partial charge on any atom is 0.331 e. The van der Waals surface area contributed by atoms with Crippen molar-refractivity contribution >= 4 is 23.6 Å². The van der Waals surface area contributed by atoms with Crippen LogP contribution >= 0.6 is 0 Å². The summed E-state index contributed by atoms with van der Waals surface area (Å²) in [5.74, 6) is -0.280. The number of ether oxygens (including phenoxy) is 2. The summed E-state index contributed by atoms with van der Waals surface area (Å²) >= 11 is 0. The van der Waals surface area contributed by atoms with Crippen LogP contribution in [0.25, 0.3) is 6.08 Å². The van der Waals surface area contributed by atoms with Crippen LogP contribution in [0.2, 0.25) is 0 Å². The Morgan fingerprint density at radius 1 is 1.11 bits per heavy atom. The fourth-order valence-corrected chi connectivity index (χ4v) is 2.42. The average molecular weight is 378 g/mol. The fraction of sp³-hybridized carbons (Fsp3) is 0.227. The van der Waals surface area contributed by atoms with E-state index in [0.29, 0.717) is 5.69 Å². The lowest BCUT2D eigenvalue weighted by Crippen LogP contribution is -2.35. The Morgan fingerprint density at radius 3 is 2.39 bits per heavy atom. The zero-order valence-electron chi connectivity index (χ0n) is 15.9. The number of anilines is 1. The first-order valence-corrected chi connectivity index (χ1v) is 8.76. The van der Waals surface area contributed by atoms with Crippen molar-refractivity contribution < 1.29 is 19.1 Å². The number of nitriles is 1. The van der Waals surface area contributed by atoms with E-state index in [-0.39, 0.29) is 18.9 Å². The minimum absolute atomic E-state index is 0.185. The summed E-state index contributed by atoms with van der Waals surface area (Å²) in [5, 5.41) is 8.83. The molecule has 0 bridgehead atoms. The standard InChI is InChI=1S/C22H22N2O4/c1-17-4-9-19(10-5-17)24(15-3-14-23)21(25)16-28-22(26)13-8-18-6-11-20(27-2)12-7-18/h4-13H,3,15-16H2,1-2H3/b13-8+. The maximum absolute atomic E-state index is 12.5. The number of benzene rings is 2. The Hall–Kier alpha value is -3.59. The molecule has 2 aromatic rings. The highest BCUT2D eigenvalue weighted by molar-refractivity contribution is 5.96. The van der Waals surface area contributed by atoms with E-state index in [4.69, 9.17) is 14.7 Å². The van der Waals surface area contributed by atoms with E-state index in [1.54, 1.807) is 49.6 Å². The van der Waals surface area contributed by atoms with Gasteiger partial charge in [0.15, 0.2) is 6.61 Å². The summed E-state index contributed by atoms with van der Waals surface area (Å²) in [5.41, 5.74) is 2.53. The Morgan fingerprint density at radius 2 is 1.79 bits per heavy atom. The van der Waals surface area contributed by atoms with Crippen LogP contribution < -0.4 is 9.64 Å². The van der Waals surface area contributed by atoms with Crippen molar-refractivity contribution in [1.29, 1.82) is 5.26 Å². The van der Waals surface area contributed by atoms with Crippen LogP contribution in [0, 0.1) is 18.3 Å². The molecule has 0 aliphatic heterocycles. The monoisotopic (exact) mass is 378 g/mol. The molecule has 0 aromatic heterocycles. The topological polar surface area (TPSA) is 79.6 Å². The molecule has 1 amide bonds. The predicted molar refractivity (Wildman–Crippen MR) is 107 cm³/mol. The summed E-state index contributed by atoms with van der Waals surface area (Å²) in [6.45, 7) is 1.78. The molecule has 0 atom stereocenters. The molecule has 28 heavy (non-hydrogen) atoms. The first-order valence-electron chi connectivity index (χ1n) is 8.76. The second-order valence-electron chi connectivity index (χ2n) is 6.00. The van der Waals surface area contributed by atoms with E-state index < -0.39 is 12.6 Å². The molecular weight excluding hydrogens is 356 g/mol. The van der Waals surface area contributed by atoms with E-state index in [1.165, 1.54) is 11.0 Å². The smallest absolute Gasteiger partial charge is 0.331 e. The van der Waals surface area contributed by atoms with Crippen molar-refractivity contribution in [3.63, 3.8) is 0 Å². The largest absolute Gasteiger partial charge is 0.497 e. The van der Waals surface area contributed by atoms with Crippen LogP contribution in [0.4, 0.5) is 5.69 Å². The number of carbonyl (C=O) groups is 2. The van der Waals surface area contributed by atoms with Gasteiger partial charge in [0.2, 0.25) is 0 Å². The maximum atomic E-state index is 12.5. The SMILES string of the molecule is COc1ccc(/C=C/C(=O)OCC(=O)N(CCC#N)c2ccc(C)cc2)cc1. The molecule has 2 aromatic carbocycles. The van der Waals surface area contributed by atoms with E-state index in [1.807, 2.05) is 25.1 Å². The average Bonchev–Trinajstić information content (AvgIpc) is 2.72. The van der Waals surface area contributed by atoms with Gasteiger partial charge in [0.1, 0.15) is 5.75 Å². The summed E-state index contributed by atoms with van der Waals surface area (Å²) < 4.78 is 10.1. The molecule has 2 rings (SSSR count). The van der Waals surface area contributed by atoms with Gasteiger partial charge in [-0.15, -0.1) is 0 Å². The van der Waals surface area contributed by atoms with Gasteiger partial charge in [-0.2, -0.15) is 5.26 Å². The highest BCUT2D eigenvalue weighted by Crippen LogP contribution is 2.16. The molecule has 0 spiro atoms. The summed E-state index contributed by atoms with van der Waals surface area (Å²) in [6, 6.07) is 16.6. The van der Waals surface area contributed by atoms with Gasteiger partial charge in [-0.25, -0.2) is 4.79 Å². The van der Waals surface area contributed by atoms with Gasteiger partial charge in [0.05, 0.1) is 19.6 Å². The van der Waals surface area contributed by atoms with Crippen LogP contribution in [0.15, 0.2) is 54.6 Å². The van der Waals surface area contributed by atoms with Gasteiger partial charge in [-0.3, -0.25) is 4.79 Å². The van der Waals surface area contributed by atoms with Crippen LogP contribution in [0.5, 0.6) is 5.75 Å². The first kappa shape index (κ1) is 20.7. The van der Waals surface area contributed by atoms with E-state index in [0.717, 1.165) is 16.9 Å². The Balaban J connectivity index is 1.94. The zero-order valence-corrected chi connectivity index (χ0v) is 15.9. The normalized spacial score (nSPS) is 10.3. The number of aryl methyl sites for hydroxylation is 1. The number of amides is 1. The van der Waals surface area contributed by atoms with Crippen molar-refractivity contribution in [3.8, 4) is 11.8 Å². The molecular formula is C22H22N2O4. The molecule has 0 heterocycles. The molecule has 144 valence electrons. The van der Waals surface area contributed by atoms with Crippen LogP contribution in [0.3, 0.4) is 0 Å². The van der Waals surface area contributed by atoms with Crippen LogP contribution in [0.1, 0.15) is 17.5 Å². The molecule has 6 nitrogen and oxygen atoms in total. The van der Waals surface area contributed by atoms with Crippen molar-refractivity contribution in [2.45, 2.75) is 13.3 Å². The number of esters is 1. The van der Waals surface area contributed by atoms with Crippen molar-refractivity contribution in [1.82, 2.24) is 0 Å². The third kappa shape index (κ3) is 6.29. The van der Waals surface area contributed by atoms with Crippen LogP contribution in [-0.4, -0.2) is 32.1 Å². The number of nitrogens with zero attached hydrogens (tertiary/aromatic N) is 2. The lowest BCUT2D eigenvalue weighted by Gasteiger charge is -2.21. The van der Waals surface area contributed by atoms with Gasteiger partial charge < -0.3 is 14.4 Å². The molecule has 0 aliphatic rings. The van der Waals surface area contributed by atoms with Gasteiger partial charge in [-0.1, -0.05) is 29.8 Å². The molecule has 0 N–H and O–H groups in total. The fourth-order valence-electron chi connectivity index (χ4n) is 2.42. The van der Waals surface area contributed by atoms with Gasteiger partial charge in [0, 0.05) is 18.3 Å². The third-order valence-corrected chi connectivity index (χ3v) is 3.96. The van der Waals surface area contributed by atoms with Crippen molar-refractivity contribution in [3.05, 3.63) is 65.7 Å². The lowest BCUT2D eigenvalue weighted by atomic mass is 10.2. The Kier molecular flexibility index (Phi) is 7.79. The first-order chi connectivity index (χ1) is 13.5. The number of methoxy groups -OCH3 is 1. The van der Waals surface area contributed by atoms with Gasteiger partial charge in [0.25, 0.3) is 5.91 Å². The van der Waals surface area contributed by atoms with Crippen LogP contribution in [-0.2, 0) is 14.3 Å². The summed E-state index contributed by atoms with van der Waals surface area (Å²) in [6.07, 6.45) is 3.05. The van der Waals surface area contributed by atoms with E-state index >= 15 is 0 Å². The quantitative estimate of drug-likeness (QED) is 0.519. The van der Waals surface area contributed by atoms with E-state index in [2.05, 4.69) is 0 Å². The number of hydrogen-bond donors (Lipinski definition) is 0. The minimum Gasteiger partial charge on any atom is -0.497 e. The molecule has 0 aliphatic carbocycles. The number of carbonyl (C=O) groups excluding carboxylic acids is 2. The number of hydrogen-bond acceptors (Lipinski definition) is 5.